The van der Waals surface area contributed by atoms with Crippen molar-refractivity contribution in [3.63, 3.8) is 0 Å². The van der Waals surface area contributed by atoms with Crippen molar-refractivity contribution >= 4 is 11.8 Å². The van der Waals surface area contributed by atoms with Crippen molar-refractivity contribution in [3.05, 3.63) is 35.4 Å². The number of carbonyl (C=O) groups excluding carboxylic acids is 2. The van der Waals surface area contributed by atoms with E-state index >= 15 is 0 Å². The Morgan fingerprint density at radius 3 is 2.50 bits per heavy atom. The van der Waals surface area contributed by atoms with E-state index in [2.05, 4.69) is 10.6 Å². The van der Waals surface area contributed by atoms with Crippen LogP contribution in [0, 0.1) is 12.8 Å². The Hall–Kier alpha value is -1.92. The van der Waals surface area contributed by atoms with E-state index < -0.39 is 6.04 Å². The maximum atomic E-state index is 12.5. The highest BCUT2D eigenvalue weighted by Gasteiger charge is 2.22. The summed E-state index contributed by atoms with van der Waals surface area (Å²) in [6.45, 7) is 8.14. The maximum Gasteiger partial charge on any atom is 0.252 e. The zero-order chi connectivity index (χ0) is 19.4. The Bertz CT molecular complexity index is 560. The third-order valence-corrected chi connectivity index (χ3v) is 3.92. The van der Waals surface area contributed by atoms with E-state index in [0.717, 1.165) is 12.0 Å². The van der Waals surface area contributed by atoms with Gasteiger partial charge in [-0.3, -0.25) is 9.59 Å². The molecule has 0 aliphatic heterocycles. The highest BCUT2D eigenvalue weighted by molar-refractivity contribution is 5.98. The van der Waals surface area contributed by atoms with Gasteiger partial charge in [0.2, 0.25) is 5.91 Å². The summed E-state index contributed by atoms with van der Waals surface area (Å²) < 4.78 is 10.3. The molecule has 0 radical (unpaired) electrons. The summed E-state index contributed by atoms with van der Waals surface area (Å²) in [7, 11) is 1.63. The number of nitrogens with one attached hydrogen (secondary N) is 2. The minimum absolute atomic E-state index is 0.155. The maximum absolute atomic E-state index is 12.5. The molecule has 1 rings (SSSR count). The molecule has 1 atom stereocenters. The van der Waals surface area contributed by atoms with E-state index in [1.807, 2.05) is 39.0 Å². The largest absolute Gasteiger partial charge is 0.382 e. The van der Waals surface area contributed by atoms with Crippen molar-refractivity contribution in [1.29, 1.82) is 0 Å². The van der Waals surface area contributed by atoms with Gasteiger partial charge in [0.1, 0.15) is 6.04 Å². The summed E-state index contributed by atoms with van der Waals surface area (Å²) in [5.74, 6) is -0.0791. The Kier molecular flexibility index (Phi) is 10.6. The van der Waals surface area contributed by atoms with Crippen LogP contribution in [0.5, 0.6) is 0 Å². The number of carbonyl (C=O) groups is 2. The van der Waals surface area contributed by atoms with Gasteiger partial charge >= 0.3 is 0 Å². The number of hydrogen-bond acceptors (Lipinski definition) is 4. The van der Waals surface area contributed by atoms with Crippen molar-refractivity contribution in [3.8, 4) is 0 Å². The van der Waals surface area contributed by atoms with Crippen molar-refractivity contribution < 1.29 is 19.1 Å². The zero-order valence-electron chi connectivity index (χ0n) is 16.3. The van der Waals surface area contributed by atoms with E-state index in [-0.39, 0.29) is 11.8 Å². The first-order valence-electron chi connectivity index (χ1n) is 9.16. The molecule has 6 nitrogen and oxygen atoms in total. The summed E-state index contributed by atoms with van der Waals surface area (Å²) in [4.78, 5) is 25.0. The molecule has 1 aromatic carbocycles. The molecule has 1 unspecified atom stereocenters. The van der Waals surface area contributed by atoms with Gasteiger partial charge in [-0.1, -0.05) is 32.0 Å². The second kappa shape index (κ2) is 12.4. The lowest BCUT2D eigenvalue weighted by atomic mass is 10.0. The van der Waals surface area contributed by atoms with E-state index in [1.165, 1.54) is 0 Å². The van der Waals surface area contributed by atoms with Crippen LogP contribution in [-0.4, -0.2) is 51.3 Å². The minimum atomic E-state index is -0.545. The van der Waals surface area contributed by atoms with Crippen LogP contribution in [0.25, 0.3) is 0 Å². The molecule has 0 aromatic heterocycles. The minimum Gasteiger partial charge on any atom is -0.382 e. The van der Waals surface area contributed by atoms with Gasteiger partial charge in [-0.15, -0.1) is 0 Å². The average Bonchev–Trinajstić information content (AvgIpc) is 2.60. The highest BCUT2D eigenvalue weighted by Crippen LogP contribution is 2.10. The normalized spacial score (nSPS) is 12.0. The van der Waals surface area contributed by atoms with Gasteiger partial charge in [0.05, 0.1) is 13.2 Å². The average molecular weight is 364 g/mol. The number of amides is 2. The molecule has 0 fully saturated rings. The Balaban J connectivity index is 2.50. The van der Waals surface area contributed by atoms with Crippen LogP contribution in [0.3, 0.4) is 0 Å². The van der Waals surface area contributed by atoms with Crippen LogP contribution in [0.2, 0.25) is 0 Å². The second-order valence-corrected chi connectivity index (χ2v) is 6.72. The molecule has 0 spiro atoms. The number of ether oxygens (including phenoxy) is 2. The first kappa shape index (κ1) is 22.1. The molecule has 0 saturated carbocycles. The lowest BCUT2D eigenvalue weighted by Crippen LogP contribution is -2.47. The molecule has 0 heterocycles. The van der Waals surface area contributed by atoms with Crippen molar-refractivity contribution in [2.75, 3.05) is 33.5 Å². The predicted octanol–water partition coefficient (Wildman–Crippen LogP) is 2.31. The first-order chi connectivity index (χ1) is 12.5. The van der Waals surface area contributed by atoms with Crippen molar-refractivity contribution in [2.24, 2.45) is 5.92 Å². The molecular weight excluding hydrogens is 332 g/mol. The summed E-state index contributed by atoms with van der Waals surface area (Å²) in [6, 6.07) is 6.82. The van der Waals surface area contributed by atoms with E-state index in [0.29, 0.717) is 44.3 Å². The van der Waals surface area contributed by atoms with Gasteiger partial charge in [-0.05, 0) is 37.3 Å². The third kappa shape index (κ3) is 8.45. The number of benzene rings is 1. The first-order valence-corrected chi connectivity index (χ1v) is 9.16. The second-order valence-electron chi connectivity index (χ2n) is 6.72. The third-order valence-electron chi connectivity index (χ3n) is 3.92. The standard InChI is InChI=1S/C20H32N2O4/c1-15(2)14-18(20(24)21-10-7-11-26-13-12-25-4)22-19(23)17-9-6-5-8-16(17)3/h5-6,8-9,15,18H,7,10-14H2,1-4H3,(H,21,24)(H,22,23). The molecule has 0 bridgehead atoms. The molecule has 2 N–H and O–H groups in total. The van der Waals surface area contributed by atoms with Crippen LogP contribution in [0.15, 0.2) is 24.3 Å². The monoisotopic (exact) mass is 364 g/mol. The molecule has 146 valence electrons. The molecule has 0 aliphatic rings. The van der Waals surface area contributed by atoms with Gasteiger partial charge in [0, 0.05) is 25.8 Å². The van der Waals surface area contributed by atoms with E-state index in [4.69, 9.17) is 9.47 Å². The smallest absolute Gasteiger partial charge is 0.252 e. The Morgan fingerprint density at radius 1 is 1.12 bits per heavy atom. The SMILES string of the molecule is COCCOCCCNC(=O)C(CC(C)C)NC(=O)c1ccccc1C. The van der Waals surface area contributed by atoms with Crippen molar-refractivity contribution in [2.45, 2.75) is 39.7 Å². The molecule has 1 aromatic rings. The Morgan fingerprint density at radius 2 is 1.85 bits per heavy atom. The zero-order valence-corrected chi connectivity index (χ0v) is 16.3. The molecular formula is C20H32N2O4. The van der Waals surface area contributed by atoms with Gasteiger partial charge < -0.3 is 20.1 Å². The lowest BCUT2D eigenvalue weighted by molar-refractivity contribution is -0.123. The molecule has 6 heteroatoms. The topological polar surface area (TPSA) is 76.7 Å². The molecule has 0 aliphatic carbocycles. The van der Waals surface area contributed by atoms with Gasteiger partial charge in [-0.2, -0.15) is 0 Å². The quantitative estimate of drug-likeness (QED) is 0.558. The lowest BCUT2D eigenvalue weighted by Gasteiger charge is -2.20. The van der Waals surface area contributed by atoms with Crippen LogP contribution in [0.1, 0.15) is 42.6 Å². The summed E-state index contributed by atoms with van der Waals surface area (Å²) in [6.07, 6.45) is 1.31. The Labute approximate surface area is 156 Å². The fourth-order valence-electron chi connectivity index (χ4n) is 2.52. The molecule has 2 amide bonds. The summed E-state index contributed by atoms with van der Waals surface area (Å²) in [5, 5.41) is 5.76. The summed E-state index contributed by atoms with van der Waals surface area (Å²) in [5.41, 5.74) is 1.49. The predicted molar refractivity (Wildman–Crippen MR) is 102 cm³/mol. The molecule has 0 saturated heterocycles. The highest BCUT2D eigenvalue weighted by atomic mass is 16.5. The van der Waals surface area contributed by atoms with Crippen LogP contribution in [-0.2, 0) is 14.3 Å². The van der Waals surface area contributed by atoms with E-state index in [1.54, 1.807) is 13.2 Å². The molecule has 26 heavy (non-hydrogen) atoms. The van der Waals surface area contributed by atoms with Crippen molar-refractivity contribution in [1.82, 2.24) is 10.6 Å². The fourth-order valence-corrected chi connectivity index (χ4v) is 2.52. The van der Waals surface area contributed by atoms with E-state index in [9.17, 15) is 9.59 Å². The number of hydrogen-bond donors (Lipinski definition) is 2. The van der Waals surface area contributed by atoms with Gasteiger partial charge in [0.25, 0.3) is 5.91 Å². The fraction of sp³-hybridized carbons (Fsp3) is 0.600. The summed E-state index contributed by atoms with van der Waals surface area (Å²) >= 11 is 0. The van der Waals surface area contributed by atoms with Crippen LogP contribution < -0.4 is 10.6 Å². The number of rotatable bonds is 12. The van der Waals surface area contributed by atoms with Gasteiger partial charge in [0.15, 0.2) is 0 Å². The van der Waals surface area contributed by atoms with Crippen LogP contribution in [0.4, 0.5) is 0 Å². The number of aryl methyl sites for hydroxylation is 1. The number of methoxy groups -OCH3 is 1. The van der Waals surface area contributed by atoms with Crippen LogP contribution >= 0.6 is 0 Å². The van der Waals surface area contributed by atoms with Gasteiger partial charge in [-0.25, -0.2) is 0 Å².